The number of hydrogen-bond acceptors (Lipinski definition) is 4. The van der Waals surface area contributed by atoms with Gasteiger partial charge >= 0.3 is 0 Å². The number of sulfonamides is 1. The van der Waals surface area contributed by atoms with Crippen LogP contribution in [-0.2, 0) is 26.2 Å². The van der Waals surface area contributed by atoms with Crippen molar-refractivity contribution in [1.29, 1.82) is 0 Å². The van der Waals surface area contributed by atoms with Crippen molar-refractivity contribution < 1.29 is 18.0 Å². The maximum Gasteiger partial charge on any atom is 0.264 e. The quantitative estimate of drug-likeness (QED) is 0.301. The average molecular weight is 611 g/mol. The summed E-state index contributed by atoms with van der Waals surface area (Å²) < 4.78 is 28.6. The van der Waals surface area contributed by atoms with Gasteiger partial charge in [-0.1, -0.05) is 70.7 Å². The van der Waals surface area contributed by atoms with E-state index in [0.29, 0.717) is 15.6 Å². The van der Waals surface area contributed by atoms with Gasteiger partial charge in [-0.25, -0.2) is 8.42 Å². The molecule has 0 aliphatic heterocycles. The van der Waals surface area contributed by atoms with Crippen molar-refractivity contribution in [3.63, 3.8) is 0 Å². The number of para-hydroxylation sites is 1. The van der Waals surface area contributed by atoms with Crippen LogP contribution < -0.4 is 9.62 Å². The second-order valence-electron chi connectivity index (χ2n) is 9.39. The van der Waals surface area contributed by atoms with Crippen LogP contribution in [0.15, 0.2) is 71.6 Å². The monoisotopic (exact) mass is 609 g/mol. The summed E-state index contributed by atoms with van der Waals surface area (Å²) in [7, 11) is -4.21. The molecule has 0 saturated heterocycles. The van der Waals surface area contributed by atoms with E-state index in [2.05, 4.69) is 5.32 Å². The van der Waals surface area contributed by atoms with E-state index in [9.17, 15) is 18.0 Å². The molecule has 1 N–H and O–H groups in total. The van der Waals surface area contributed by atoms with E-state index in [1.165, 1.54) is 23.1 Å². The minimum absolute atomic E-state index is 0.00227. The number of nitrogens with one attached hydrogen (secondary N) is 1. The molecule has 2 amide bonds. The fraction of sp³-hybridized carbons (Fsp3) is 0.286. The molecule has 39 heavy (non-hydrogen) atoms. The summed E-state index contributed by atoms with van der Waals surface area (Å²) in [5, 5.41) is 3.60. The highest BCUT2D eigenvalue weighted by molar-refractivity contribution is 7.92. The van der Waals surface area contributed by atoms with Crippen molar-refractivity contribution in [1.82, 2.24) is 10.2 Å². The van der Waals surface area contributed by atoms with E-state index in [1.54, 1.807) is 55.5 Å². The summed E-state index contributed by atoms with van der Waals surface area (Å²) >= 11 is 18.7. The van der Waals surface area contributed by atoms with Gasteiger partial charge in [-0.2, -0.15) is 0 Å². The smallest absolute Gasteiger partial charge is 0.264 e. The molecule has 11 heteroatoms. The summed E-state index contributed by atoms with van der Waals surface area (Å²) in [5.74, 6) is -0.993. The molecule has 0 aromatic heterocycles. The van der Waals surface area contributed by atoms with Gasteiger partial charge in [0.1, 0.15) is 12.6 Å². The number of rotatable bonds is 10. The molecule has 0 aliphatic carbocycles. The van der Waals surface area contributed by atoms with E-state index in [4.69, 9.17) is 34.8 Å². The molecule has 1 atom stereocenters. The molecule has 0 fully saturated rings. The summed E-state index contributed by atoms with van der Waals surface area (Å²) in [4.78, 5) is 28.2. The third-order valence-electron chi connectivity index (χ3n) is 5.94. The Morgan fingerprint density at radius 1 is 0.872 bits per heavy atom. The highest BCUT2D eigenvalue weighted by Crippen LogP contribution is 2.31. The van der Waals surface area contributed by atoms with E-state index < -0.39 is 28.5 Å². The first-order valence-corrected chi connectivity index (χ1v) is 14.8. The van der Waals surface area contributed by atoms with Crippen LogP contribution in [-0.4, -0.2) is 43.8 Å². The number of aryl methyl sites for hydroxylation is 1. The number of amides is 2. The van der Waals surface area contributed by atoms with Gasteiger partial charge in [-0.05, 0) is 69.7 Å². The predicted octanol–water partition coefficient (Wildman–Crippen LogP) is 6.09. The molecular formula is C28H30Cl3N3O4S. The highest BCUT2D eigenvalue weighted by atomic mass is 35.5. The Balaban J connectivity index is 2.05. The van der Waals surface area contributed by atoms with Crippen LogP contribution in [0.2, 0.25) is 15.1 Å². The lowest BCUT2D eigenvalue weighted by Gasteiger charge is -2.32. The highest BCUT2D eigenvalue weighted by Gasteiger charge is 2.33. The molecule has 0 spiro atoms. The molecule has 0 aliphatic rings. The summed E-state index contributed by atoms with van der Waals surface area (Å²) in [5.41, 5.74) is 1.64. The van der Waals surface area contributed by atoms with Crippen molar-refractivity contribution >= 4 is 62.3 Å². The van der Waals surface area contributed by atoms with Crippen molar-refractivity contribution in [2.24, 2.45) is 0 Å². The second-order valence-corrected chi connectivity index (χ2v) is 12.5. The van der Waals surface area contributed by atoms with Crippen LogP contribution in [0.5, 0.6) is 0 Å². The first-order chi connectivity index (χ1) is 18.3. The van der Waals surface area contributed by atoms with Crippen molar-refractivity contribution in [2.45, 2.75) is 51.2 Å². The third kappa shape index (κ3) is 7.66. The van der Waals surface area contributed by atoms with Gasteiger partial charge < -0.3 is 10.2 Å². The van der Waals surface area contributed by atoms with E-state index in [1.807, 2.05) is 20.8 Å². The zero-order valence-electron chi connectivity index (χ0n) is 22.0. The summed E-state index contributed by atoms with van der Waals surface area (Å²) in [6, 6.07) is 16.5. The van der Waals surface area contributed by atoms with Gasteiger partial charge in [0.15, 0.2) is 0 Å². The zero-order valence-corrected chi connectivity index (χ0v) is 25.1. The topological polar surface area (TPSA) is 86.8 Å². The van der Waals surface area contributed by atoms with Gasteiger partial charge in [0.2, 0.25) is 11.8 Å². The van der Waals surface area contributed by atoms with Crippen LogP contribution in [0.4, 0.5) is 5.69 Å². The molecule has 0 heterocycles. The standard InChI is InChI=1S/C28H30Cl3N3O4S/c1-18(2)32-28(36)20(4)33(16-21-11-14-23(29)25(31)15-21)27(35)17-34(26-8-6-5-7-24(26)30)39(37,38)22-12-9-19(3)10-13-22/h5-15,18,20H,16-17H2,1-4H3,(H,32,36). The largest absolute Gasteiger partial charge is 0.352 e. The third-order valence-corrected chi connectivity index (χ3v) is 8.78. The molecule has 3 aromatic rings. The number of benzene rings is 3. The fourth-order valence-corrected chi connectivity index (χ4v) is 5.87. The average Bonchev–Trinajstić information content (AvgIpc) is 2.87. The Morgan fingerprint density at radius 3 is 2.10 bits per heavy atom. The first kappa shape index (κ1) is 30.8. The Bertz CT molecular complexity index is 1450. The molecule has 0 radical (unpaired) electrons. The van der Waals surface area contributed by atoms with E-state index >= 15 is 0 Å². The number of hydrogen-bond donors (Lipinski definition) is 1. The number of carbonyl (C=O) groups excluding carboxylic acids is 2. The van der Waals surface area contributed by atoms with E-state index in [-0.39, 0.29) is 34.1 Å². The van der Waals surface area contributed by atoms with Crippen LogP contribution in [0.25, 0.3) is 0 Å². The van der Waals surface area contributed by atoms with Gasteiger partial charge in [0.25, 0.3) is 10.0 Å². The lowest BCUT2D eigenvalue weighted by atomic mass is 10.1. The molecule has 7 nitrogen and oxygen atoms in total. The minimum atomic E-state index is -4.21. The summed E-state index contributed by atoms with van der Waals surface area (Å²) in [6.45, 7) is 6.44. The van der Waals surface area contributed by atoms with Crippen LogP contribution >= 0.6 is 34.8 Å². The fourth-order valence-electron chi connectivity index (χ4n) is 3.83. The first-order valence-electron chi connectivity index (χ1n) is 12.2. The van der Waals surface area contributed by atoms with Crippen molar-refractivity contribution in [2.75, 3.05) is 10.8 Å². The van der Waals surface area contributed by atoms with Gasteiger partial charge in [0.05, 0.1) is 25.7 Å². The molecule has 0 saturated carbocycles. The van der Waals surface area contributed by atoms with Crippen molar-refractivity contribution in [3.05, 3.63) is 92.9 Å². The lowest BCUT2D eigenvalue weighted by molar-refractivity contribution is -0.139. The zero-order chi connectivity index (χ0) is 28.9. The number of nitrogens with zero attached hydrogens (tertiary/aromatic N) is 2. The molecule has 1 unspecified atom stereocenters. The molecule has 3 aromatic carbocycles. The maximum absolute atomic E-state index is 13.9. The lowest BCUT2D eigenvalue weighted by Crippen LogP contribution is -2.52. The van der Waals surface area contributed by atoms with Gasteiger partial charge in [0, 0.05) is 12.6 Å². The van der Waals surface area contributed by atoms with Crippen LogP contribution in [0.3, 0.4) is 0 Å². The van der Waals surface area contributed by atoms with E-state index in [0.717, 1.165) is 9.87 Å². The predicted molar refractivity (Wildman–Crippen MR) is 157 cm³/mol. The Kier molecular flexibility index (Phi) is 10.3. The number of carbonyl (C=O) groups is 2. The number of anilines is 1. The Labute approximate surface area is 244 Å². The molecule has 0 bridgehead atoms. The SMILES string of the molecule is Cc1ccc(S(=O)(=O)N(CC(=O)N(Cc2ccc(Cl)c(Cl)c2)C(C)C(=O)NC(C)C)c2ccccc2Cl)cc1. The minimum Gasteiger partial charge on any atom is -0.352 e. The molecule has 3 rings (SSSR count). The maximum atomic E-state index is 13.9. The van der Waals surface area contributed by atoms with Crippen LogP contribution in [0.1, 0.15) is 31.9 Å². The number of halogens is 3. The second kappa shape index (κ2) is 13.0. The molecular weight excluding hydrogens is 581 g/mol. The van der Waals surface area contributed by atoms with Gasteiger partial charge in [-0.15, -0.1) is 0 Å². The van der Waals surface area contributed by atoms with Crippen LogP contribution in [0, 0.1) is 6.92 Å². The molecule has 208 valence electrons. The summed E-state index contributed by atoms with van der Waals surface area (Å²) in [6.07, 6.45) is 0. The Morgan fingerprint density at radius 2 is 1.51 bits per heavy atom. The van der Waals surface area contributed by atoms with Crippen molar-refractivity contribution in [3.8, 4) is 0 Å². The normalized spacial score (nSPS) is 12.2. The van der Waals surface area contributed by atoms with Gasteiger partial charge in [-0.3, -0.25) is 13.9 Å². The Hall–Kier alpha value is -2.78.